The summed E-state index contributed by atoms with van der Waals surface area (Å²) in [5.41, 5.74) is 0. The maximum atomic E-state index is 7.34. The topological polar surface area (TPSA) is 36.9 Å². The van der Waals surface area contributed by atoms with Crippen LogP contribution in [0, 0.1) is 17.8 Å². The summed E-state index contributed by atoms with van der Waals surface area (Å²) in [6.07, 6.45) is 3.00. The molecule has 0 radical (unpaired) electrons. The van der Waals surface area contributed by atoms with Crippen molar-refractivity contribution in [2.45, 2.75) is 139 Å². The van der Waals surface area contributed by atoms with E-state index in [1.54, 1.807) is 0 Å². The molecule has 0 aliphatic carbocycles. The van der Waals surface area contributed by atoms with Crippen LogP contribution in [0.4, 0.5) is 0 Å². The van der Waals surface area contributed by atoms with Gasteiger partial charge in [0.15, 0.2) is 0 Å². The normalized spacial score (nSPS) is 18.1. The van der Waals surface area contributed by atoms with Gasteiger partial charge in [-0.25, -0.2) is 0 Å². The second-order valence-corrected chi connectivity index (χ2v) is 18.0. The Hall–Kier alpha value is 0.771. The molecule has 3 atom stereocenters. The Balaban J connectivity index is 6.39. The van der Waals surface area contributed by atoms with Crippen LogP contribution in [0.15, 0.2) is 0 Å². The summed E-state index contributed by atoms with van der Waals surface area (Å²) in [6.45, 7) is 26.8. The van der Waals surface area contributed by atoms with Crippen LogP contribution in [0.25, 0.3) is 0 Å². The van der Waals surface area contributed by atoms with Crippen LogP contribution in [-0.4, -0.2) is 26.6 Å². The molecule has 0 amide bonds. The summed E-state index contributed by atoms with van der Waals surface area (Å²) >= 11 is -3.99. The predicted octanol–water partition coefficient (Wildman–Crippen LogP) is 8.18. The van der Waals surface area contributed by atoms with Crippen LogP contribution in [0.1, 0.15) is 102 Å². The van der Waals surface area contributed by atoms with Crippen LogP contribution < -0.4 is 0 Å². The molecule has 0 rings (SSSR count). The Labute approximate surface area is 195 Å². The van der Waals surface area contributed by atoms with Crippen molar-refractivity contribution in [1.82, 2.24) is 0 Å². The van der Waals surface area contributed by atoms with E-state index in [-0.39, 0.29) is 18.3 Å². The number of rotatable bonds is 17. The molecule has 6 heteroatoms. The molecule has 0 saturated carbocycles. The molecule has 0 N–H and O–H groups in total. The SMILES string of the molecule is CCC(C)[O][Ti]([O]C(C)CC)([O]C(C)CC)[O][Si](CC(C)C)(CC(C)C)CC(C)C. The monoisotopic (exact) mass is 482 g/mol. The summed E-state index contributed by atoms with van der Waals surface area (Å²) in [6, 6.07) is 3.40. The zero-order valence-electron chi connectivity index (χ0n) is 22.3. The average molecular weight is 483 g/mol. The standard InChI is InChI=1S/C12H27OSi.3C4H9O.Ti/c1-10(2)7-14(13,8-11(3)4)9-12(5)6;3*1-3-4(2)5;/h10-12H,7-9H2,1-6H3;3*4H,3H2,1-2H3;/q4*-1;+4. The van der Waals surface area contributed by atoms with Gasteiger partial charge < -0.3 is 0 Å². The minimum absolute atomic E-state index is 0.0713. The van der Waals surface area contributed by atoms with Crippen LogP contribution in [0.2, 0.25) is 18.1 Å². The molecular weight excluding hydrogens is 428 g/mol. The molecule has 4 nitrogen and oxygen atoms in total. The molecule has 0 aromatic rings. The van der Waals surface area contributed by atoms with Crippen molar-refractivity contribution in [3.05, 3.63) is 0 Å². The van der Waals surface area contributed by atoms with E-state index in [4.69, 9.17) is 13.0 Å². The third-order valence-electron chi connectivity index (χ3n) is 5.44. The Morgan fingerprint density at radius 2 is 0.800 bits per heavy atom. The number of hydrogen-bond acceptors (Lipinski definition) is 4. The molecule has 0 aliphatic rings. The fourth-order valence-corrected chi connectivity index (χ4v) is 17.6. The summed E-state index contributed by atoms with van der Waals surface area (Å²) in [5, 5.41) is 0. The van der Waals surface area contributed by atoms with E-state index in [1.807, 2.05) is 0 Å². The summed E-state index contributed by atoms with van der Waals surface area (Å²) in [5.74, 6) is 1.76. The molecule has 0 aromatic carbocycles. The van der Waals surface area contributed by atoms with E-state index in [0.29, 0.717) is 17.8 Å². The first-order chi connectivity index (χ1) is 13.8. The number of hydrogen-bond donors (Lipinski definition) is 0. The van der Waals surface area contributed by atoms with Gasteiger partial charge in [0.25, 0.3) is 0 Å². The van der Waals surface area contributed by atoms with E-state index in [2.05, 4.69) is 83.1 Å². The minimum atomic E-state index is -3.99. The first-order valence-electron chi connectivity index (χ1n) is 12.6. The van der Waals surface area contributed by atoms with Crippen molar-refractivity contribution in [1.29, 1.82) is 0 Å². The predicted molar refractivity (Wildman–Crippen MR) is 128 cm³/mol. The quantitative estimate of drug-likeness (QED) is 0.196. The molecular formula is C24H54O4SiTi. The zero-order valence-corrected chi connectivity index (χ0v) is 24.9. The molecule has 0 aliphatic heterocycles. The van der Waals surface area contributed by atoms with E-state index in [9.17, 15) is 0 Å². The van der Waals surface area contributed by atoms with Gasteiger partial charge in [-0.2, -0.15) is 0 Å². The summed E-state index contributed by atoms with van der Waals surface area (Å²) in [4.78, 5) is 0. The van der Waals surface area contributed by atoms with E-state index in [1.165, 1.54) is 0 Å². The van der Waals surface area contributed by atoms with Crippen LogP contribution >= 0.6 is 0 Å². The first kappa shape index (κ1) is 30.8. The zero-order chi connectivity index (χ0) is 23.5. The fourth-order valence-electron chi connectivity index (χ4n) is 4.02. The van der Waals surface area contributed by atoms with Crippen molar-refractivity contribution in [2.75, 3.05) is 0 Å². The molecule has 0 spiro atoms. The van der Waals surface area contributed by atoms with Crippen molar-refractivity contribution in [3.63, 3.8) is 0 Å². The Morgan fingerprint density at radius 3 is 1.00 bits per heavy atom. The van der Waals surface area contributed by atoms with Gasteiger partial charge in [-0.3, -0.25) is 0 Å². The van der Waals surface area contributed by atoms with Gasteiger partial charge in [-0.15, -0.1) is 0 Å². The Bertz CT molecular complexity index is 387. The molecule has 0 saturated heterocycles. The van der Waals surface area contributed by atoms with Crippen molar-refractivity contribution in [2.24, 2.45) is 17.8 Å². The molecule has 0 fully saturated rings. The molecule has 0 aromatic heterocycles. The summed E-state index contributed by atoms with van der Waals surface area (Å²) in [7, 11) is -2.15. The van der Waals surface area contributed by atoms with Gasteiger partial charge >= 0.3 is 196 Å². The third kappa shape index (κ3) is 12.1. The van der Waals surface area contributed by atoms with Crippen LogP contribution in [-0.2, 0) is 31.1 Å². The maximum absolute atomic E-state index is 7.34. The van der Waals surface area contributed by atoms with Crippen molar-refractivity contribution in [3.8, 4) is 0 Å². The average Bonchev–Trinajstić information content (AvgIpc) is 2.58. The fraction of sp³-hybridized carbons (Fsp3) is 1.00. The summed E-state index contributed by atoms with van der Waals surface area (Å²) < 4.78 is 27.4. The van der Waals surface area contributed by atoms with Gasteiger partial charge in [-0.1, -0.05) is 0 Å². The van der Waals surface area contributed by atoms with Gasteiger partial charge in [0.05, 0.1) is 0 Å². The molecule has 0 bridgehead atoms. The third-order valence-corrected chi connectivity index (χ3v) is 17.2. The Morgan fingerprint density at radius 1 is 0.533 bits per heavy atom. The van der Waals surface area contributed by atoms with Gasteiger partial charge in [-0.05, 0) is 0 Å². The van der Waals surface area contributed by atoms with E-state index < -0.39 is 26.5 Å². The molecule has 182 valence electrons. The van der Waals surface area contributed by atoms with Crippen LogP contribution in [0.3, 0.4) is 0 Å². The van der Waals surface area contributed by atoms with Crippen molar-refractivity contribution >= 4 is 8.32 Å². The Kier molecular flexibility index (Phi) is 15.2. The van der Waals surface area contributed by atoms with Crippen molar-refractivity contribution < 1.29 is 31.1 Å². The van der Waals surface area contributed by atoms with Gasteiger partial charge in [0.2, 0.25) is 0 Å². The second kappa shape index (κ2) is 14.8. The molecule has 30 heavy (non-hydrogen) atoms. The van der Waals surface area contributed by atoms with Gasteiger partial charge in [0.1, 0.15) is 0 Å². The first-order valence-corrected chi connectivity index (χ1v) is 17.6. The van der Waals surface area contributed by atoms with E-state index >= 15 is 0 Å². The molecule has 3 unspecified atom stereocenters. The van der Waals surface area contributed by atoms with Crippen LogP contribution in [0.5, 0.6) is 0 Å². The molecule has 0 heterocycles. The second-order valence-electron chi connectivity index (χ2n) is 10.6. The van der Waals surface area contributed by atoms with Gasteiger partial charge in [0, 0.05) is 0 Å². The van der Waals surface area contributed by atoms with E-state index in [0.717, 1.165) is 37.4 Å².